The summed E-state index contributed by atoms with van der Waals surface area (Å²) in [5.41, 5.74) is 0.652. The van der Waals surface area contributed by atoms with E-state index in [-0.39, 0.29) is 0 Å². The molecule has 1 aliphatic carbocycles. The Morgan fingerprint density at radius 3 is 1.79 bits per heavy atom. The van der Waals surface area contributed by atoms with Gasteiger partial charge >= 0.3 is 0 Å². The maximum absolute atomic E-state index is 2.55. The largest absolute Gasteiger partial charge is 0.110 e. The van der Waals surface area contributed by atoms with Crippen LogP contribution < -0.4 is 0 Å². The van der Waals surface area contributed by atoms with Crippen molar-refractivity contribution in [3.05, 3.63) is 0 Å². The minimum atomic E-state index is 0.652. The molecule has 1 fully saturated rings. The van der Waals surface area contributed by atoms with E-state index < -0.39 is 0 Å². The number of rotatable bonds is 7. The second kappa shape index (κ2) is 4.72. The molecule has 1 heteroatoms. The standard InChI is InChI=1S/C13H27B/c1-4-6-8-12(3,9-7-5-2)13(14)10-11-13/h4-11,14H2,1-3H3. The first kappa shape index (κ1) is 12.1. The van der Waals surface area contributed by atoms with Crippen LogP contribution in [0.25, 0.3) is 0 Å². The van der Waals surface area contributed by atoms with Crippen LogP contribution in [0, 0.1) is 5.41 Å². The quantitative estimate of drug-likeness (QED) is 0.538. The van der Waals surface area contributed by atoms with Crippen molar-refractivity contribution in [3.8, 4) is 0 Å². The first-order chi connectivity index (χ1) is 6.58. The van der Waals surface area contributed by atoms with E-state index in [4.69, 9.17) is 0 Å². The molecule has 1 aliphatic rings. The van der Waals surface area contributed by atoms with E-state index in [0.29, 0.717) is 10.7 Å². The lowest BCUT2D eigenvalue weighted by Crippen LogP contribution is -2.24. The SMILES string of the molecule is BC1(C(C)(CCCC)CCCC)CC1. The third-order valence-electron chi connectivity index (χ3n) is 4.62. The van der Waals surface area contributed by atoms with Crippen molar-refractivity contribution in [1.82, 2.24) is 0 Å². The fourth-order valence-corrected chi connectivity index (χ4v) is 2.65. The van der Waals surface area contributed by atoms with Gasteiger partial charge in [0.15, 0.2) is 0 Å². The number of hydrogen-bond donors (Lipinski definition) is 0. The Hall–Kier alpha value is 0.0649. The Bertz CT molecular complexity index is 162. The lowest BCUT2D eigenvalue weighted by Gasteiger charge is -2.37. The lowest BCUT2D eigenvalue weighted by molar-refractivity contribution is 0.225. The van der Waals surface area contributed by atoms with Gasteiger partial charge in [0, 0.05) is 0 Å². The molecule has 0 spiro atoms. The molecule has 0 aromatic rings. The van der Waals surface area contributed by atoms with Gasteiger partial charge in [-0.05, 0) is 18.3 Å². The third kappa shape index (κ3) is 2.55. The maximum Gasteiger partial charge on any atom is 0.110 e. The molecule has 1 rings (SSSR count). The van der Waals surface area contributed by atoms with Crippen LogP contribution >= 0.6 is 0 Å². The average Bonchev–Trinajstić information content (AvgIpc) is 2.92. The number of hydrogen-bond acceptors (Lipinski definition) is 0. The summed E-state index contributed by atoms with van der Waals surface area (Å²) in [6.45, 7) is 7.18. The molecular formula is C13H27B. The van der Waals surface area contributed by atoms with Crippen LogP contribution in [0.5, 0.6) is 0 Å². The first-order valence-corrected chi connectivity index (χ1v) is 6.58. The van der Waals surface area contributed by atoms with Gasteiger partial charge in [0.1, 0.15) is 7.85 Å². The van der Waals surface area contributed by atoms with Crippen LogP contribution in [0.2, 0.25) is 5.31 Å². The Kier molecular flexibility index (Phi) is 4.09. The van der Waals surface area contributed by atoms with Crippen molar-refractivity contribution in [2.24, 2.45) is 5.41 Å². The highest BCUT2D eigenvalue weighted by molar-refractivity contribution is 6.17. The van der Waals surface area contributed by atoms with Crippen LogP contribution in [0.1, 0.15) is 72.1 Å². The molecule has 0 bridgehead atoms. The highest BCUT2D eigenvalue weighted by atomic mass is 14.5. The molecule has 0 nitrogen and oxygen atoms in total. The molecule has 0 aromatic heterocycles. The Labute approximate surface area is 91.3 Å². The Morgan fingerprint density at radius 1 is 1.07 bits per heavy atom. The second-order valence-electron chi connectivity index (χ2n) is 5.83. The van der Waals surface area contributed by atoms with Crippen molar-refractivity contribution < 1.29 is 0 Å². The van der Waals surface area contributed by atoms with Crippen molar-refractivity contribution in [3.63, 3.8) is 0 Å². The molecule has 14 heavy (non-hydrogen) atoms. The summed E-state index contributed by atoms with van der Waals surface area (Å²) in [6, 6.07) is 0. The predicted octanol–water partition coefficient (Wildman–Crippen LogP) is 3.96. The molecule has 0 atom stereocenters. The smallest absolute Gasteiger partial charge is 0.0654 e. The predicted molar refractivity (Wildman–Crippen MR) is 67.6 cm³/mol. The zero-order valence-corrected chi connectivity index (χ0v) is 10.7. The molecule has 0 aromatic carbocycles. The van der Waals surface area contributed by atoms with E-state index in [2.05, 4.69) is 28.6 Å². The first-order valence-electron chi connectivity index (χ1n) is 6.58. The molecular weight excluding hydrogens is 167 g/mol. The summed E-state index contributed by atoms with van der Waals surface area (Å²) in [4.78, 5) is 0. The van der Waals surface area contributed by atoms with Crippen molar-refractivity contribution in [2.45, 2.75) is 77.5 Å². The summed E-state index contributed by atoms with van der Waals surface area (Å²) < 4.78 is 0. The van der Waals surface area contributed by atoms with Gasteiger partial charge in [0.2, 0.25) is 0 Å². The Morgan fingerprint density at radius 2 is 1.50 bits per heavy atom. The van der Waals surface area contributed by atoms with Gasteiger partial charge in [-0.15, -0.1) is 0 Å². The zero-order valence-electron chi connectivity index (χ0n) is 10.7. The second-order valence-corrected chi connectivity index (χ2v) is 5.83. The van der Waals surface area contributed by atoms with Crippen LogP contribution in [0.4, 0.5) is 0 Å². The van der Waals surface area contributed by atoms with E-state index in [1.807, 2.05) is 0 Å². The van der Waals surface area contributed by atoms with E-state index >= 15 is 0 Å². The van der Waals surface area contributed by atoms with Crippen LogP contribution in [-0.4, -0.2) is 7.85 Å². The van der Waals surface area contributed by atoms with Crippen LogP contribution in [0.15, 0.2) is 0 Å². The monoisotopic (exact) mass is 194 g/mol. The normalized spacial score (nSPS) is 19.6. The van der Waals surface area contributed by atoms with Gasteiger partial charge in [-0.2, -0.15) is 0 Å². The molecule has 0 amide bonds. The highest BCUT2D eigenvalue weighted by Crippen LogP contribution is 2.66. The van der Waals surface area contributed by atoms with Crippen molar-refractivity contribution in [2.75, 3.05) is 0 Å². The number of unbranched alkanes of at least 4 members (excludes halogenated alkanes) is 2. The van der Waals surface area contributed by atoms with Crippen LogP contribution in [-0.2, 0) is 0 Å². The average molecular weight is 194 g/mol. The summed E-state index contributed by atoms with van der Waals surface area (Å²) in [7, 11) is 2.51. The van der Waals surface area contributed by atoms with Gasteiger partial charge in [0.25, 0.3) is 0 Å². The maximum atomic E-state index is 2.55. The minimum absolute atomic E-state index is 0.652. The molecule has 0 heterocycles. The summed E-state index contributed by atoms with van der Waals surface area (Å²) in [5, 5.41) is 0.706. The van der Waals surface area contributed by atoms with Crippen molar-refractivity contribution in [1.29, 1.82) is 0 Å². The van der Waals surface area contributed by atoms with Gasteiger partial charge in [-0.25, -0.2) is 0 Å². The zero-order chi connectivity index (χ0) is 10.7. The summed E-state index contributed by atoms with van der Waals surface area (Å²) >= 11 is 0. The van der Waals surface area contributed by atoms with Gasteiger partial charge in [0.05, 0.1) is 0 Å². The van der Waals surface area contributed by atoms with E-state index in [0.717, 1.165) is 0 Å². The van der Waals surface area contributed by atoms with Crippen molar-refractivity contribution >= 4 is 7.85 Å². The minimum Gasteiger partial charge on any atom is -0.0654 e. The summed E-state index contributed by atoms with van der Waals surface area (Å²) in [5.74, 6) is 0. The molecule has 0 radical (unpaired) electrons. The molecule has 0 saturated heterocycles. The molecule has 0 aliphatic heterocycles. The van der Waals surface area contributed by atoms with Gasteiger partial charge < -0.3 is 0 Å². The highest BCUT2D eigenvalue weighted by Gasteiger charge is 2.51. The topological polar surface area (TPSA) is 0 Å². The van der Waals surface area contributed by atoms with E-state index in [1.54, 1.807) is 0 Å². The third-order valence-corrected chi connectivity index (χ3v) is 4.62. The molecule has 82 valence electrons. The van der Waals surface area contributed by atoms with E-state index in [1.165, 1.54) is 51.4 Å². The van der Waals surface area contributed by atoms with Crippen LogP contribution in [0.3, 0.4) is 0 Å². The lowest BCUT2D eigenvalue weighted by atomic mass is 9.58. The molecule has 0 N–H and O–H groups in total. The fourth-order valence-electron chi connectivity index (χ4n) is 2.65. The fraction of sp³-hybridized carbons (Fsp3) is 1.00. The van der Waals surface area contributed by atoms with Gasteiger partial charge in [-0.1, -0.05) is 64.6 Å². The van der Waals surface area contributed by atoms with E-state index in [9.17, 15) is 0 Å². The molecule has 0 unspecified atom stereocenters. The summed E-state index contributed by atoms with van der Waals surface area (Å²) in [6.07, 6.45) is 11.5. The Balaban J connectivity index is 2.49. The molecule has 1 saturated carbocycles. The van der Waals surface area contributed by atoms with Gasteiger partial charge in [-0.3, -0.25) is 0 Å².